The van der Waals surface area contributed by atoms with Crippen molar-refractivity contribution in [3.8, 4) is 0 Å². The Morgan fingerprint density at radius 2 is 1.85 bits per heavy atom. The third-order valence-electron chi connectivity index (χ3n) is 4.16. The number of nitrogens with zero attached hydrogens (tertiary/aromatic N) is 1. The fourth-order valence-electron chi connectivity index (χ4n) is 2.46. The maximum Gasteiger partial charge on any atom is 0.329 e. The zero-order valence-corrected chi connectivity index (χ0v) is 16.8. The summed E-state index contributed by atoms with van der Waals surface area (Å²) in [6, 6.07) is 12.1. The number of benzene rings is 2. The van der Waals surface area contributed by atoms with E-state index in [4.69, 9.17) is 0 Å². The van der Waals surface area contributed by atoms with Crippen LogP contribution in [0.15, 0.2) is 46.0 Å². The molecule has 3 N–H and O–H groups in total. The molecule has 140 valence electrons. The number of anilines is 2. The lowest BCUT2D eigenvalue weighted by Gasteiger charge is -2.13. The first-order valence-corrected chi connectivity index (χ1v) is 9.49. The van der Waals surface area contributed by atoms with Crippen LogP contribution in [0.4, 0.5) is 11.4 Å². The number of aryl methyl sites for hydroxylation is 2. The number of hydrogen-bond donors (Lipinski definition) is 3. The van der Waals surface area contributed by atoms with Gasteiger partial charge >= 0.3 is 11.8 Å². The molecule has 3 rings (SSSR count). The van der Waals surface area contributed by atoms with Crippen molar-refractivity contribution >= 4 is 45.3 Å². The summed E-state index contributed by atoms with van der Waals surface area (Å²) < 4.78 is 0.883. The van der Waals surface area contributed by atoms with E-state index in [0.29, 0.717) is 0 Å². The Labute approximate surface area is 166 Å². The van der Waals surface area contributed by atoms with Gasteiger partial charge in [-0.05, 0) is 62.1 Å². The van der Waals surface area contributed by atoms with Gasteiger partial charge in [-0.3, -0.25) is 9.59 Å². The van der Waals surface area contributed by atoms with Crippen molar-refractivity contribution in [2.75, 3.05) is 5.32 Å². The van der Waals surface area contributed by atoms with Crippen LogP contribution in [0.1, 0.15) is 29.5 Å². The maximum absolute atomic E-state index is 11.8. The Kier molecular flexibility index (Phi) is 5.91. The highest BCUT2D eigenvalue weighted by Gasteiger charge is 2.26. The second-order valence-corrected chi connectivity index (χ2v) is 7.54. The Morgan fingerprint density at radius 3 is 2.59 bits per heavy atom. The molecule has 0 radical (unpaired) electrons. The van der Waals surface area contributed by atoms with Crippen LogP contribution < -0.4 is 16.1 Å². The molecule has 2 aromatic rings. The number of carbonyl (C=O) groups excluding carboxylic acids is 2. The van der Waals surface area contributed by atoms with Gasteiger partial charge < -0.3 is 10.6 Å². The van der Waals surface area contributed by atoms with Crippen LogP contribution in [0.2, 0.25) is 0 Å². The molecule has 0 atom stereocenters. The summed E-state index contributed by atoms with van der Waals surface area (Å²) in [5, 5.41) is 9.95. The Hall–Kier alpha value is -2.67. The lowest BCUT2D eigenvalue weighted by Crippen LogP contribution is -2.38. The number of halogens is 1. The van der Waals surface area contributed by atoms with Gasteiger partial charge in [-0.25, -0.2) is 5.43 Å². The molecule has 0 unspecified atom stereocenters. The van der Waals surface area contributed by atoms with Crippen molar-refractivity contribution in [2.24, 2.45) is 5.10 Å². The van der Waals surface area contributed by atoms with Crippen LogP contribution in [-0.4, -0.2) is 24.1 Å². The van der Waals surface area contributed by atoms with Gasteiger partial charge in [0.05, 0.1) is 6.21 Å². The summed E-state index contributed by atoms with van der Waals surface area (Å²) in [4.78, 5) is 23.4. The van der Waals surface area contributed by atoms with Crippen molar-refractivity contribution in [3.63, 3.8) is 0 Å². The molecule has 2 aromatic carbocycles. The Balaban J connectivity index is 1.72. The van der Waals surface area contributed by atoms with Crippen LogP contribution >= 0.6 is 15.9 Å². The molecule has 0 spiro atoms. The molecule has 1 aliphatic carbocycles. The summed E-state index contributed by atoms with van der Waals surface area (Å²) in [7, 11) is 0. The number of rotatable bonds is 5. The summed E-state index contributed by atoms with van der Waals surface area (Å²) >= 11 is 3.45. The van der Waals surface area contributed by atoms with Crippen LogP contribution in [0.5, 0.6) is 0 Å². The first-order valence-electron chi connectivity index (χ1n) is 8.70. The minimum Gasteiger partial charge on any atom is -0.355 e. The van der Waals surface area contributed by atoms with Gasteiger partial charge in [0, 0.05) is 27.5 Å². The van der Waals surface area contributed by atoms with Crippen molar-refractivity contribution < 1.29 is 9.59 Å². The molecule has 1 aliphatic rings. The quantitative estimate of drug-likeness (QED) is 0.386. The lowest BCUT2D eigenvalue weighted by atomic mass is 10.1. The lowest BCUT2D eigenvalue weighted by molar-refractivity contribution is -0.139. The fraction of sp³-hybridized carbons (Fsp3) is 0.250. The molecule has 0 saturated heterocycles. The maximum atomic E-state index is 11.8. The summed E-state index contributed by atoms with van der Waals surface area (Å²) in [5.41, 5.74) is 7.16. The largest absolute Gasteiger partial charge is 0.355 e. The molecule has 2 amide bonds. The van der Waals surface area contributed by atoms with Gasteiger partial charge in [-0.1, -0.05) is 28.1 Å². The van der Waals surface area contributed by atoms with Crippen molar-refractivity contribution in [1.82, 2.24) is 10.7 Å². The second-order valence-electron chi connectivity index (χ2n) is 6.62. The first-order chi connectivity index (χ1) is 12.9. The topological polar surface area (TPSA) is 82.6 Å². The van der Waals surface area contributed by atoms with Gasteiger partial charge in [0.2, 0.25) is 0 Å². The van der Waals surface area contributed by atoms with Gasteiger partial charge in [0.1, 0.15) is 0 Å². The minimum absolute atomic E-state index is 0.130. The van der Waals surface area contributed by atoms with Crippen LogP contribution in [-0.2, 0) is 9.59 Å². The van der Waals surface area contributed by atoms with E-state index in [1.807, 2.05) is 32.0 Å². The molecule has 1 saturated carbocycles. The number of carbonyl (C=O) groups is 2. The van der Waals surface area contributed by atoms with E-state index < -0.39 is 11.8 Å². The summed E-state index contributed by atoms with van der Waals surface area (Å²) in [6.45, 7) is 4.07. The highest BCUT2D eigenvalue weighted by molar-refractivity contribution is 9.10. The average molecular weight is 429 g/mol. The minimum atomic E-state index is -0.766. The second kappa shape index (κ2) is 8.35. The van der Waals surface area contributed by atoms with Crippen LogP contribution in [0, 0.1) is 13.8 Å². The number of nitrogens with one attached hydrogen (secondary N) is 3. The number of hydrazone groups is 1. The predicted octanol–water partition coefficient (Wildman–Crippen LogP) is 3.54. The molecule has 0 aliphatic heterocycles. The van der Waals surface area contributed by atoms with E-state index in [9.17, 15) is 9.59 Å². The first kappa shape index (κ1) is 19.1. The third-order valence-corrected chi connectivity index (χ3v) is 4.66. The van der Waals surface area contributed by atoms with Gasteiger partial charge in [-0.2, -0.15) is 5.10 Å². The van der Waals surface area contributed by atoms with Crippen LogP contribution in [0.3, 0.4) is 0 Å². The standard InChI is InChI=1S/C20H21BrN4O2/c1-12-3-4-13(2)18(9-12)24-17-8-5-15(21)10-14(17)11-22-25-20(27)19(26)23-16-6-7-16/h3-5,8-11,16,24H,6-7H2,1-2H3,(H,23,26)(H,25,27)/b22-11-. The Morgan fingerprint density at radius 1 is 1.07 bits per heavy atom. The third kappa shape index (κ3) is 5.40. The summed E-state index contributed by atoms with van der Waals surface area (Å²) in [5.74, 6) is -1.42. The zero-order chi connectivity index (χ0) is 19.4. The molecule has 27 heavy (non-hydrogen) atoms. The summed E-state index contributed by atoms with van der Waals surface area (Å²) in [6.07, 6.45) is 3.36. The average Bonchev–Trinajstić information content (AvgIpc) is 3.44. The molecular weight excluding hydrogens is 408 g/mol. The smallest absolute Gasteiger partial charge is 0.329 e. The normalized spacial score (nSPS) is 13.4. The van der Waals surface area contributed by atoms with E-state index in [-0.39, 0.29) is 6.04 Å². The molecule has 6 nitrogen and oxygen atoms in total. The van der Waals surface area contributed by atoms with Gasteiger partial charge in [0.25, 0.3) is 0 Å². The van der Waals surface area contributed by atoms with Crippen molar-refractivity contribution in [1.29, 1.82) is 0 Å². The predicted molar refractivity (Wildman–Crippen MR) is 110 cm³/mol. The van der Waals surface area contributed by atoms with Crippen LogP contribution in [0.25, 0.3) is 0 Å². The van der Waals surface area contributed by atoms with E-state index in [1.165, 1.54) is 6.21 Å². The zero-order valence-electron chi connectivity index (χ0n) is 15.2. The SMILES string of the molecule is Cc1ccc(C)c(Nc2ccc(Br)cc2/C=N\NC(=O)C(=O)NC2CC2)c1. The molecule has 7 heteroatoms. The number of amides is 2. The molecule has 0 bridgehead atoms. The van der Waals surface area contributed by atoms with Crippen molar-refractivity contribution in [2.45, 2.75) is 32.7 Å². The fourth-order valence-corrected chi connectivity index (χ4v) is 2.84. The molecule has 0 heterocycles. The van der Waals surface area contributed by atoms with E-state index >= 15 is 0 Å². The Bertz CT molecular complexity index is 907. The molecular formula is C20H21BrN4O2. The molecule has 1 fully saturated rings. The van der Waals surface area contributed by atoms with E-state index in [1.54, 1.807) is 0 Å². The number of hydrogen-bond acceptors (Lipinski definition) is 4. The monoisotopic (exact) mass is 428 g/mol. The highest BCUT2D eigenvalue weighted by Crippen LogP contribution is 2.26. The van der Waals surface area contributed by atoms with Crippen molar-refractivity contribution in [3.05, 3.63) is 57.6 Å². The van der Waals surface area contributed by atoms with E-state index in [2.05, 4.69) is 55.3 Å². The van der Waals surface area contributed by atoms with Gasteiger partial charge in [0.15, 0.2) is 0 Å². The van der Waals surface area contributed by atoms with Gasteiger partial charge in [-0.15, -0.1) is 0 Å². The highest BCUT2D eigenvalue weighted by atomic mass is 79.9. The molecule has 0 aromatic heterocycles. The van der Waals surface area contributed by atoms with E-state index in [0.717, 1.165) is 45.4 Å².